The first-order valence-electron chi connectivity index (χ1n) is 8.88. The second-order valence-corrected chi connectivity index (χ2v) is 6.67. The highest BCUT2D eigenvalue weighted by atomic mass is 16.5. The number of rotatable bonds is 3. The topological polar surface area (TPSA) is 100 Å². The largest absolute Gasteiger partial charge is 0.342 e. The van der Waals surface area contributed by atoms with Gasteiger partial charge in [0, 0.05) is 31.1 Å². The molecule has 3 heterocycles. The molecule has 2 aromatic rings. The van der Waals surface area contributed by atoms with E-state index in [9.17, 15) is 9.59 Å². The third-order valence-corrected chi connectivity index (χ3v) is 4.90. The van der Waals surface area contributed by atoms with Crippen LogP contribution in [0.2, 0.25) is 0 Å². The van der Waals surface area contributed by atoms with Crippen LogP contribution < -0.4 is 10.6 Å². The number of carbonyl (C=O) groups is 2. The number of aromatic nitrogens is 2. The molecule has 0 unspecified atom stereocenters. The average Bonchev–Trinajstić information content (AvgIpc) is 3.18. The van der Waals surface area contributed by atoms with E-state index in [0.29, 0.717) is 31.3 Å². The molecule has 0 radical (unpaired) electrons. The Labute approximate surface area is 150 Å². The average molecular weight is 355 g/mol. The molecular formula is C18H21N5O3. The zero-order chi connectivity index (χ0) is 17.9. The highest BCUT2D eigenvalue weighted by Gasteiger charge is 2.32. The minimum absolute atomic E-state index is 0.0282. The monoisotopic (exact) mass is 355 g/mol. The quantitative estimate of drug-likeness (QED) is 0.833. The normalized spacial score (nSPS) is 21.5. The fourth-order valence-electron chi connectivity index (χ4n) is 3.45. The van der Waals surface area contributed by atoms with Gasteiger partial charge in [-0.2, -0.15) is 4.98 Å². The Morgan fingerprint density at radius 2 is 1.96 bits per heavy atom. The molecule has 26 heavy (non-hydrogen) atoms. The number of likely N-dealkylation sites (tertiary alicyclic amines) is 1. The van der Waals surface area contributed by atoms with E-state index in [2.05, 4.69) is 20.8 Å². The second-order valence-electron chi connectivity index (χ2n) is 6.67. The smallest absolute Gasteiger partial charge is 0.246 e. The van der Waals surface area contributed by atoms with Gasteiger partial charge in [0.05, 0.1) is 6.54 Å². The van der Waals surface area contributed by atoms with Crippen molar-refractivity contribution in [1.29, 1.82) is 0 Å². The van der Waals surface area contributed by atoms with Crippen molar-refractivity contribution in [3.63, 3.8) is 0 Å². The fourth-order valence-corrected chi connectivity index (χ4v) is 3.45. The molecule has 4 rings (SSSR count). The highest BCUT2D eigenvalue weighted by molar-refractivity contribution is 5.89. The van der Waals surface area contributed by atoms with Gasteiger partial charge in [0.15, 0.2) is 0 Å². The summed E-state index contributed by atoms with van der Waals surface area (Å²) < 4.78 is 5.45. The van der Waals surface area contributed by atoms with E-state index in [1.165, 1.54) is 0 Å². The number of nitrogens with zero attached hydrogens (tertiary/aromatic N) is 3. The lowest BCUT2D eigenvalue weighted by molar-refractivity contribution is -0.138. The molecule has 0 bridgehead atoms. The molecule has 1 aromatic heterocycles. The van der Waals surface area contributed by atoms with Crippen LogP contribution in [0.15, 0.2) is 34.9 Å². The zero-order valence-corrected chi connectivity index (χ0v) is 14.4. The Morgan fingerprint density at radius 1 is 1.19 bits per heavy atom. The van der Waals surface area contributed by atoms with Crippen molar-refractivity contribution in [2.75, 3.05) is 26.2 Å². The molecule has 2 aliphatic heterocycles. The van der Waals surface area contributed by atoms with E-state index in [0.717, 1.165) is 18.4 Å². The lowest BCUT2D eigenvalue weighted by Crippen LogP contribution is -2.59. The molecule has 8 heteroatoms. The molecule has 2 saturated heterocycles. The molecule has 2 fully saturated rings. The number of nitrogens with one attached hydrogen (secondary N) is 2. The number of carbonyl (C=O) groups excluding carboxylic acids is 2. The molecule has 1 aromatic carbocycles. The lowest BCUT2D eigenvalue weighted by atomic mass is 9.96. The van der Waals surface area contributed by atoms with Crippen LogP contribution in [0.25, 0.3) is 11.4 Å². The van der Waals surface area contributed by atoms with E-state index in [4.69, 9.17) is 4.52 Å². The van der Waals surface area contributed by atoms with E-state index >= 15 is 0 Å². The van der Waals surface area contributed by atoms with Gasteiger partial charge in [0.1, 0.15) is 6.04 Å². The lowest BCUT2D eigenvalue weighted by Gasteiger charge is -2.34. The van der Waals surface area contributed by atoms with Crippen molar-refractivity contribution in [2.24, 2.45) is 0 Å². The van der Waals surface area contributed by atoms with Crippen LogP contribution in [0.5, 0.6) is 0 Å². The Bertz CT molecular complexity index is 783. The van der Waals surface area contributed by atoms with Gasteiger partial charge in [-0.05, 0) is 12.8 Å². The summed E-state index contributed by atoms with van der Waals surface area (Å²) in [5, 5.41) is 9.78. The standard InChI is InChI=1S/C18H21N5O3/c24-15-11-19-10-14(20-15)18(25)23-8-6-13(7-9-23)17-21-16(22-26-17)12-4-2-1-3-5-12/h1-5,13-14,19H,6-11H2,(H,20,24)/t14-/m1/s1. The van der Waals surface area contributed by atoms with Crippen LogP contribution in [-0.2, 0) is 9.59 Å². The molecule has 2 amide bonds. The fraction of sp³-hybridized carbons (Fsp3) is 0.444. The first-order valence-corrected chi connectivity index (χ1v) is 8.88. The Morgan fingerprint density at radius 3 is 2.69 bits per heavy atom. The summed E-state index contributed by atoms with van der Waals surface area (Å²) in [6.45, 7) is 2.00. The molecule has 136 valence electrons. The van der Waals surface area contributed by atoms with Gasteiger partial charge in [0.2, 0.25) is 23.5 Å². The van der Waals surface area contributed by atoms with Gasteiger partial charge in [-0.25, -0.2) is 0 Å². The van der Waals surface area contributed by atoms with E-state index < -0.39 is 6.04 Å². The molecular weight excluding hydrogens is 334 g/mol. The van der Waals surface area contributed by atoms with Crippen LogP contribution in [0.1, 0.15) is 24.7 Å². The summed E-state index contributed by atoms with van der Waals surface area (Å²) in [4.78, 5) is 30.3. The van der Waals surface area contributed by atoms with Crippen LogP contribution in [0.4, 0.5) is 0 Å². The van der Waals surface area contributed by atoms with Crippen LogP contribution in [-0.4, -0.2) is 59.1 Å². The Balaban J connectivity index is 1.36. The molecule has 8 nitrogen and oxygen atoms in total. The number of piperidine rings is 1. The molecule has 0 saturated carbocycles. The summed E-state index contributed by atoms with van der Waals surface area (Å²) in [6.07, 6.45) is 1.55. The number of hydrogen-bond donors (Lipinski definition) is 2. The SMILES string of the molecule is O=C1CNC[C@H](C(=O)N2CCC(c3nc(-c4ccccc4)no3)CC2)N1. The summed E-state index contributed by atoms with van der Waals surface area (Å²) in [7, 11) is 0. The van der Waals surface area contributed by atoms with Crippen molar-refractivity contribution in [1.82, 2.24) is 25.7 Å². The number of hydrogen-bond acceptors (Lipinski definition) is 6. The maximum Gasteiger partial charge on any atom is 0.246 e. The third kappa shape index (κ3) is 3.45. The predicted octanol–water partition coefficient (Wildman–Crippen LogP) is 0.531. The van der Waals surface area contributed by atoms with Crippen LogP contribution in [0, 0.1) is 0 Å². The third-order valence-electron chi connectivity index (χ3n) is 4.90. The first kappa shape index (κ1) is 16.7. The Kier molecular flexibility index (Phi) is 4.66. The second kappa shape index (κ2) is 7.25. The van der Waals surface area contributed by atoms with Gasteiger partial charge in [-0.3, -0.25) is 9.59 Å². The molecule has 1 atom stereocenters. The van der Waals surface area contributed by atoms with Crippen molar-refractivity contribution in [3.8, 4) is 11.4 Å². The number of amides is 2. The molecule has 0 aliphatic carbocycles. The van der Waals surface area contributed by atoms with Gasteiger partial charge < -0.3 is 20.1 Å². The maximum absolute atomic E-state index is 12.6. The molecule has 2 N–H and O–H groups in total. The van der Waals surface area contributed by atoms with Crippen molar-refractivity contribution in [2.45, 2.75) is 24.8 Å². The highest BCUT2D eigenvalue weighted by Crippen LogP contribution is 2.28. The minimum Gasteiger partial charge on any atom is -0.342 e. The van der Waals surface area contributed by atoms with E-state index in [-0.39, 0.29) is 24.3 Å². The minimum atomic E-state index is -0.471. The summed E-state index contributed by atoms with van der Waals surface area (Å²) in [5.41, 5.74) is 0.927. The van der Waals surface area contributed by atoms with Crippen LogP contribution >= 0.6 is 0 Å². The molecule has 2 aliphatic rings. The first-order chi connectivity index (χ1) is 12.7. The Hall–Kier alpha value is -2.74. The van der Waals surface area contributed by atoms with Gasteiger partial charge in [-0.1, -0.05) is 35.5 Å². The van der Waals surface area contributed by atoms with Crippen molar-refractivity contribution < 1.29 is 14.1 Å². The van der Waals surface area contributed by atoms with E-state index in [1.807, 2.05) is 35.2 Å². The summed E-state index contributed by atoms with van der Waals surface area (Å²) >= 11 is 0. The number of piperazine rings is 1. The maximum atomic E-state index is 12.6. The summed E-state index contributed by atoms with van der Waals surface area (Å²) in [5.74, 6) is 1.21. The summed E-state index contributed by atoms with van der Waals surface area (Å²) in [6, 6.07) is 9.25. The van der Waals surface area contributed by atoms with Gasteiger partial charge >= 0.3 is 0 Å². The van der Waals surface area contributed by atoms with Crippen LogP contribution in [0.3, 0.4) is 0 Å². The van der Waals surface area contributed by atoms with Crippen molar-refractivity contribution >= 4 is 11.8 Å². The van der Waals surface area contributed by atoms with E-state index in [1.54, 1.807) is 0 Å². The molecule has 0 spiro atoms. The number of benzene rings is 1. The van der Waals surface area contributed by atoms with Gasteiger partial charge in [-0.15, -0.1) is 0 Å². The van der Waals surface area contributed by atoms with Gasteiger partial charge in [0.25, 0.3) is 0 Å². The van der Waals surface area contributed by atoms with Crippen molar-refractivity contribution in [3.05, 3.63) is 36.2 Å². The zero-order valence-electron chi connectivity index (χ0n) is 14.4. The predicted molar refractivity (Wildman–Crippen MR) is 93.1 cm³/mol.